The van der Waals surface area contributed by atoms with Crippen molar-refractivity contribution in [2.75, 3.05) is 6.61 Å². The third-order valence-electron chi connectivity index (χ3n) is 2.19. The van der Waals surface area contributed by atoms with E-state index >= 15 is 0 Å². The van der Waals surface area contributed by atoms with Crippen molar-refractivity contribution in [3.63, 3.8) is 0 Å². The quantitative estimate of drug-likeness (QED) is 0.509. The first-order chi connectivity index (χ1) is 6.56. The molecule has 0 radical (unpaired) electrons. The molecule has 0 spiro atoms. The number of hydrogen-bond donors (Lipinski definition) is 2. The average molecular weight is 201 g/mol. The molecule has 1 rings (SSSR count). The van der Waals surface area contributed by atoms with Crippen LogP contribution in [-0.4, -0.2) is 17.8 Å². The van der Waals surface area contributed by atoms with Gasteiger partial charge in [-0.25, -0.2) is 0 Å². The van der Waals surface area contributed by atoms with E-state index in [1.807, 2.05) is 6.92 Å². The molecule has 0 amide bonds. The van der Waals surface area contributed by atoms with Crippen LogP contribution in [0.3, 0.4) is 0 Å². The molecule has 80 valence electrons. The smallest absolute Gasteiger partial charge is 0.288 e. The van der Waals surface area contributed by atoms with Gasteiger partial charge in [0.1, 0.15) is 6.23 Å². The van der Waals surface area contributed by atoms with Gasteiger partial charge in [-0.2, -0.15) is 0 Å². The van der Waals surface area contributed by atoms with E-state index in [-0.39, 0.29) is 23.7 Å². The van der Waals surface area contributed by atoms with Gasteiger partial charge in [0.05, 0.1) is 10.8 Å². The number of nitrogens with zero attached hydrogens (tertiary/aromatic N) is 1. The molecule has 0 fully saturated rings. The Hall–Kier alpha value is -1.30. The van der Waals surface area contributed by atoms with E-state index in [1.165, 1.54) is 0 Å². The van der Waals surface area contributed by atoms with Crippen molar-refractivity contribution in [2.24, 2.45) is 11.7 Å². The molecule has 0 bridgehead atoms. The molecule has 0 saturated carbocycles. The van der Waals surface area contributed by atoms with Gasteiger partial charge in [-0.15, -0.1) is 0 Å². The molecule has 1 heterocycles. The Kier molecular flexibility index (Phi) is 3.29. The lowest BCUT2D eigenvalue weighted by Gasteiger charge is -2.27. The summed E-state index contributed by atoms with van der Waals surface area (Å²) in [7, 11) is 0. The molecule has 0 aliphatic carbocycles. The van der Waals surface area contributed by atoms with Crippen molar-refractivity contribution >= 4 is 0 Å². The number of ether oxygens (including phenoxy) is 1. The molecular weight excluding hydrogens is 186 g/mol. The van der Waals surface area contributed by atoms with Gasteiger partial charge >= 0.3 is 0 Å². The molecule has 1 aliphatic heterocycles. The van der Waals surface area contributed by atoms with Crippen molar-refractivity contribution in [1.29, 1.82) is 0 Å². The third kappa shape index (κ3) is 2.14. The lowest BCUT2D eigenvalue weighted by molar-refractivity contribution is -0.437. The number of nitrogens with two attached hydrogens (primary N) is 1. The van der Waals surface area contributed by atoms with Gasteiger partial charge in [0.25, 0.3) is 5.70 Å². The van der Waals surface area contributed by atoms with E-state index in [9.17, 15) is 10.1 Å². The summed E-state index contributed by atoms with van der Waals surface area (Å²) in [6.07, 6.45) is 0.365. The highest BCUT2D eigenvalue weighted by Crippen LogP contribution is 2.23. The molecule has 0 unspecified atom stereocenters. The SMILES string of the molecule is CCO[C@@H]1C[C@@H](C)C([N+](=O)[O-])=C(N)N1. The third-order valence-corrected chi connectivity index (χ3v) is 2.19. The Balaban J connectivity index is 2.78. The van der Waals surface area contributed by atoms with Crippen molar-refractivity contribution in [1.82, 2.24) is 5.32 Å². The van der Waals surface area contributed by atoms with E-state index in [1.54, 1.807) is 6.92 Å². The van der Waals surface area contributed by atoms with Gasteiger partial charge in [0.15, 0.2) is 5.82 Å². The van der Waals surface area contributed by atoms with Crippen LogP contribution in [0.1, 0.15) is 20.3 Å². The van der Waals surface area contributed by atoms with E-state index in [4.69, 9.17) is 10.5 Å². The lowest BCUT2D eigenvalue weighted by Crippen LogP contribution is -2.42. The summed E-state index contributed by atoms with van der Waals surface area (Å²) < 4.78 is 5.30. The topological polar surface area (TPSA) is 90.4 Å². The van der Waals surface area contributed by atoms with Crippen LogP contribution in [0.4, 0.5) is 0 Å². The maximum atomic E-state index is 10.6. The van der Waals surface area contributed by atoms with Crippen molar-refractivity contribution < 1.29 is 9.66 Å². The summed E-state index contributed by atoms with van der Waals surface area (Å²) in [6, 6.07) is 0. The largest absolute Gasteiger partial charge is 0.380 e. The standard InChI is InChI=1S/C8H15N3O3/c1-3-14-6-4-5(2)7(11(12)13)8(9)10-6/h5-6,10H,3-4,9H2,1-2H3/t5-,6-/m1/s1. The van der Waals surface area contributed by atoms with Gasteiger partial charge in [-0.3, -0.25) is 10.1 Å². The normalized spacial score (nSPS) is 27.3. The fourth-order valence-electron chi connectivity index (χ4n) is 1.59. The summed E-state index contributed by atoms with van der Waals surface area (Å²) in [4.78, 5) is 10.2. The number of hydrogen-bond acceptors (Lipinski definition) is 5. The Morgan fingerprint density at radius 2 is 2.43 bits per heavy atom. The highest BCUT2D eigenvalue weighted by molar-refractivity contribution is 5.09. The van der Waals surface area contributed by atoms with Crippen LogP contribution in [0, 0.1) is 16.0 Å². The first kappa shape index (κ1) is 10.8. The Morgan fingerprint density at radius 3 is 2.86 bits per heavy atom. The molecule has 0 aromatic carbocycles. The summed E-state index contributed by atoms with van der Waals surface area (Å²) in [5, 5.41) is 13.4. The predicted octanol–water partition coefficient (Wildman–Crippen LogP) is 0.383. The molecule has 1 aliphatic rings. The maximum Gasteiger partial charge on any atom is 0.288 e. The van der Waals surface area contributed by atoms with E-state index < -0.39 is 4.92 Å². The first-order valence-electron chi connectivity index (χ1n) is 4.58. The predicted molar refractivity (Wildman–Crippen MR) is 50.5 cm³/mol. The van der Waals surface area contributed by atoms with Crippen molar-refractivity contribution in [3.8, 4) is 0 Å². The zero-order chi connectivity index (χ0) is 10.7. The second-order valence-corrected chi connectivity index (χ2v) is 3.28. The molecule has 0 aromatic heterocycles. The number of nitrogens with one attached hydrogen (secondary N) is 1. The molecular formula is C8H15N3O3. The second-order valence-electron chi connectivity index (χ2n) is 3.28. The zero-order valence-electron chi connectivity index (χ0n) is 8.32. The minimum atomic E-state index is -0.435. The lowest BCUT2D eigenvalue weighted by atomic mass is 10.00. The molecule has 0 saturated heterocycles. The van der Waals surface area contributed by atoms with Crippen LogP contribution < -0.4 is 11.1 Å². The monoisotopic (exact) mass is 201 g/mol. The molecule has 6 nitrogen and oxygen atoms in total. The van der Waals surface area contributed by atoms with Gasteiger partial charge in [-0.1, -0.05) is 6.92 Å². The van der Waals surface area contributed by atoms with Crippen LogP contribution in [0.2, 0.25) is 0 Å². The molecule has 0 aromatic rings. The van der Waals surface area contributed by atoms with Crippen LogP contribution in [0.5, 0.6) is 0 Å². The fourth-order valence-corrected chi connectivity index (χ4v) is 1.59. The second kappa shape index (κ2) is 4.28. The van der Waals surface area contributed by atoms with Crippen LogP contribution in [-0.2, 0) is 4.74 Å². The van der Waals surface area contributed by atoms with Gasteiger partial charge in [-0.05, 0) is 6.92 Å². The summed E-state index contributed by atoms with van der Waals surface area (Å²) in [6.45, 7) is 4.21. The molecule has 14 heavy (non-hydrogen) atoms. The average Bonchev–Trinajstić information content (AvgIpc) is 2.01. The number of rotatable bonds is 3. The fraction of sp³-hybridized carbons (Fsp3) is 0.750. The van der Waals surface area contributed by atoms with Gasteiger partial charge < -0.3 is 15.8 Å². The summed E-state index contributed by atoms with van der Waals surface area (Å²) in [5.74, 6) is -0.0602. The maximum absolute atomic E-state index is 10.6. The van der Waals surface area contributed by atoms with Crippen LogP contribution in [0.25, 0.3) is 0 Å². The highest BCUT2D eigenvalue weighted by Gasteiger charge is 2.33. The van der Waals surface area contributed by atoms with E-state index in [2.05, 4.69) is 5.32 Å². The number of nitro groups is 1. The van der Waals surface area contributed by atoms with Crippen molar-refractivity contribution in [2.45, 2.75) is 26.5 Å². The first-order valence-corrected chi connectivity index (χ1v) is 4.58. The summed E-state index contributed by atoms with van der Waals surface area (Å²) in [5.41, 5.74) is 5.59. The van der Waals surface area contributed by atoms with E-state index in [0.717, 1.165) is 0 Å². The van der Waals surface area contributed by atoms with Crippen molar-refractivity contribution in [3.05, 3.63) is 21.6 Å². The van der Waals surface area contributed by atoms with Crippen LogP contribution in [0.15, 0.2) is 11.5 Å². The zero-order valence-corrected chi connectivity index (χ0v) is 8.32. The summed E-state index contributed by atoms with van der Waals surface area (Å²) >= 11 is 0. The Labute approximate surface area is 82.3 Å². The number of allylic oxidation sites excluding steroid dienone is 1. The van der Waals surface area contributed by atoms with Gasteiger partial charge in [0, 0.05) is 13.0 Å². The van der Waals surface area contributed by atoms with Gasteiger partial charge in [0.2, 0.25) is 0 Å². The molecule has 3 N–H and O–H groups in total. The van der Waals surface area contributed by atoms with Crippen LogP contribution >= 0.6 is 0 Å². The Bertz CT molecular complexity index is 265. The minimum Gasteiger partial charge on any atom is -0.380 e. The Morgan fingerprint density at radius 1 is 1.79 bits per heavy atom. The highest BCUT2D eigenvalue weighted by atomic mass is 16.6. The van der Waals surface area contributed by atoms with E-state index in [0.29, 0.717) is 13.0 Å². The molecule has 2 atom stereocenters. The minimum absolute atomic E-state index is 0.0564. The molecule has 6 heteroatoms.